The van der Waals surface area contributed by atoms with E-state index in [0.717, 1.165) is 19.3 Å². The van der Waals surface area contributed by atoms with Gasteiger partial charge in [-0.1, -0.05) is 0 Å². The van der Waals surface area contributed by atoms with Gasteiger partial charge in [0.1, 0.15) is 0 Å². The minimum Gasteiger partial charge on any atom is -0.380 e. The van der Waals surface area contributed by atoms with E-state index >= 15 is 0 Å². The number of hydrogen-bond donors (Lipinski definition) is 1. The van der Waals surface area contributed by atoms with Crippen LogP contribution in [0.4, 0.5) is 0 Å². The van der Waals surface area contributed by atoms with E-state index in [1.54, 1.807) is 0 Å². The van der Waals surface area contributed by atoms with Crippen LogP contribution < -0.4 is 5.32 Å². The van der Waals surface area contributed by atoms with Crippen LogP contribution in [0.1, 0.15) is 32.1 Å². The van der Waals surface area contributed by atoms with E-state index in [9.17, 15) is 0 Å². The Balaban J connectivity index is 1.83. The zero-order valence-electron chi connectivity index (χ0n) is 9.87. The molecule has 2 rings (SSSR count). The van der Waals surface area contributed by atoms with Gasteiger partial charge in [0.15, 0.2) is 0 Å². The molecule has 2 saturated heterocycles. The van der Waals surface area contributed by atoms with Crippen LogP contribution in [0.5, 0.6) is 0 Å². The normalized spacial score (nSPS) is 34.0. The topological polar surface area (TPSA) is 24.5 Å². The number of ether oxygens (including phenoxy) is 1. The van der Waals surface area contributed by atoms with Gasteiger partial charge in [0.2, 0.25) is 0 Å². The fourth-order valence-electron chi connectivity index (χ4n) is 2.75. The summed E-state index contributed by atoms with van der Waals surface area (Å²) in [6, 6.07) is 1.44. The van der Waals surface area contributed by atoms with Crippen LogP contribution in [0.25, 0.3) is 0 Å². The minimum atomic E-state index is 0.668. The molecule has 1 N–H and O–H groups in total. The Bertz CT molecular complexity index is 172. The summed E-state index contributed by atoms with van der Waals surface area (Å²) in [5, 5.41) is 3.48. The first-order chi connectivity index (χ1) is 7.38. The molecule has 2 unspecified atom stereocenters. The molecular weight excluding hydrogens is 188 g/mol. The van der Waals surface area contributed by atoms with Crippen LogP contribution >= 0.6 is 0 Å². The molecule has 3 heteroatoms. The highest BCUT2D eigenvalue weighted by Crippen LogP contribution is 2.19. The third-order valence-electron chi connectivity index (χ3n) is 3.83. The molecule has 2 aliphatic rings. The second-order valence-electron chi connectivity index (χ2n) is 4.87. The molecule has 2 aliphatic heterocycles. The minimum absolute atomic E-state index is 0.668. The highest BCUT2D eigenvalue weighted by atomic mass is 16.5. The van der Waals surface area contributed by atoms with E-state index in [2.05, 4.69) is 17.3 Å². The van der Waals surface area contributed by atoms with Gasteiger partial charge >= 0.3 is 0 Å². The lowest BCUT2D eigenvalue weighted by molar-refractivity contribution is 0.0101. The van der Waals surface area contributed by atoms with E-state index in [1.807, 2.05) is 0 Å². The molecule has 0 bridgehead atoms. The summed E-state index contributed by atoms with van der Waals surface area (Å²) in [5.41, 5.74) is 0. The lowest BCUT2D eigenvalue weighted by Gasteiger charge is -2.36. The molecule has 0 aliphatic carbocycles. The van der Waals surface area contributed by atoms with Crippen molar-refractivity contribution in [3.8, 4) is 0 Å². The van der Waals surface area contributed by atoms with Crippen LogP contribution in [-0.4, -0.2) is 50.3 Å². The van der Waals surface area contributed by atoms with Gasteiger partial charge in [0, 0.05) is 18.7 Å². The largest absolute Gasteiger partial charge is 0.380 e. The van der Waals surface area contributed by atoms with Gasteiger partial charge in [-0.2, -0.15) is 0 Å². The van der Waals surface area contributed by atoms with Gasteiger partial charge in [-0.15, -0.1) is 0 Å². The molecule has 0 aromatic carbocycles. The Morgan fingerprint density at radius 3 is 2.73 bits per heavy atom. The number of nitrogens with one attached hydrogen (secondary N) is 1. The fraction of sp³-hybridized carbons (Fsp3) is 1.00. The molecule has 0 aromatic rings. The molecule has 0 aromatic heterocycles. The lowest BCUT2D eigenvalue weighted by Crippen LogP contribution is -2.44. The zero-order chi connectivity index (χ0) is 10.5. The molecule has 3 nitrogen and oxygen atoms in total. The van der Waals surface area contributed by atoms with Crippen molar-refractivity contribution in [3.63, 3.8) is 0 Å². The molecule has 2 fully saturated rings. The van der Waals surface area contributed by atoms with Gasteiger partial charge < -0.3 is 10.1 Å². The maximum absolute atomic E-state index is 5.57. The van der Waals surface area contributed by atoms with Crippen LogP contribution in [0.2, 0.25) is 0 Å². The Kier molecular flexibility index (Phi) is 4.42. The van der Waals surface area contributed by atoms with Crippen molar-refractivity contribution in [2.24, 2.45) is 0 Å². The molecule has 88 valence electrons. The van der Waals surface area contributed by atoms with E-state index < -0.39 is 0 Å². The molecule has 0 amide bonds. The molecule has 0 radical (unpaired) electrons. The van der Waals surface area contributed by atoms with Gasteiger partial charge in [-0.05, 0) is 52.2 Å². The number of nitrogens with zero attached hydrogens (tertiary/aromatic N) is 1. The second kappa shape index (κ2) is 5.83. The first-order valence-corrected chi connectivity index (χ1v) is 6.38. The predicted molar refractivity (Wildman–Crippen MR) is 62.1 cm³/mol. The summed E-state index contributed by atoms with van der Waals surface area (Å²) >= 11 is 0. The third kappa shape index (κ3) is 3.16. The van der Waals surface area contributed by atoms with E-state index in [0.29, 0.717) is 6.04 Å². The Labute approximate surface area is 93.2 Å². The average Bonchev–Trinajstić information content (AvgIpc) is 2.58. The molecule has 0 spiro atoms. The molecule has 2 atom stereocenters. The van der Waals surface area contributed by atoms with Gasteiger partial charge in [-0.25, -0.2) is 0 Å². The summed E-state index contributed by atoms with van der Waals surface area (Å²) in [7, 11) is 2.29. The van der Waals surface area contributed by atoms with Gasteiger partial charge in [0.25, 0.3) is 0 Å². The summed E-state index contributed by atoms with van der Waals surface area (Å²) < 4.78 is 5.57. The van der Waals surface area contributed by atoms with E-state index in [4.69, 9.17) is 4.74 Å². The summed E-state index contributed by atoms with van der Waals surface area (Å²) in [5.74, 6) is 0. The van der Waals surface area contributed by atoms with Crippen molar-refractivity contribution in [2.75, 3.05) is 33.4 Å². The highest BCUT2D eigenvalue weighted by molar-refractivity contribution is 4.80. The first kappa shape index (κ1) is 11.4. The molecule has 15 heavy (non-hydrogen) atoms. The standard InChI is InChI=1S/C12H24N2O/c1-14(12-5-3-9-15-10-12)11-4-2-7-13-8-6-11/h11-13H,2-10H2,1H3. The maximum atomic E-state index is 5.57. The smallest absolute Gasteiger partial charge is 0.0621 e. The molecule has 2 heterocycles. The highest BCUT2D eigenvalue weighted by Gasteiger charge is 2.25. The van der Waals surface area contributed by atoms with Crippen molar-refractivity contribution < 1.29 is 4.74 Å². The zero-order valence-corrected chi connectivity index (χ0v) is 9.87. The summed E-state index contributed by atoms with van der Waals surface area (Å²) in [4.78, 5) is 2.58. The third-order valence-corrected chi connectivity index (χ3v) is 3.83. The van der Waals surface area contributed by atoms with E-state index in [1.165, 1.54) is 45.2 Å². The van der Waals surface area contributed by atoms with Crippen molar-refractivity contribution in [2.45, 2.75) is 44.2 Å². The summed E-state index contributed by atoms with van der Waals surface area (Å²) in [6.07, 6.45) is 6.52. The van der Waals surface area contributed by atoms with Crippen LogP contribution in [-0.2, 0) is 4.74 Å². The quantitative estimate of drug-likeness (QED) is 0.745. The predicted octanol–water partition coefficient (Wildman–Crippen LogP) is 1.24. The van der Waals surface area contributed by atoms with Gasteiger partial charge in [0.05, 0.1) is 6.61 Å². The van der Waals surface area contributed by atoms with Crippen molar-refractivity contribution in [1.29, 1.82) is 0 Å². The van der Waals surface area contributed by atoms with Crippen molar-refractivity contribution >= 4 is 0 Å². The van der Waals surface area contributed by atoms with E-state index in [-0.39, 0.29) is 0 Å². The summed E-state index contributed by atoms with van der Waals surface area (Å²) in [6.45, 7) is 4.30. The molecule has 0 saturated carbocycles. The van der Waals surface area contributed by atoms with Gasteiger partial charge in [-0.3, -0.25) is 4.90 Å². The second-order valence-corrected chi connectivity index (χ2v) is 4.87. The fourth-order valence-corrected chi connectivity index (χ4v) is 2.75. The van der Waals surface area contributed by atoms with Crippen molar-refractivity contribution in [1.82, 2.24) is 10.2 Å². The monoisotopic (exact) mass is 212 g/mol. The van der Waals surface area contributed by atoms with Crippen molar-refractivity contribution in [3.05, 3.63) is 0 Å². The van der Waals surface area contributed by atoms with Crippen LogP contribution in [0.15, 0.2) is 0 Å². The Hall–Kier alpha value is -0.120. The number of rotatable bonds is 2. The Morgan fingerprint density at radius 2 is 1.93 bits per heavy atom. The first-order valence-electron chi connectivity index (χ1n) is 6.38. The number of likely N-dealkylation sites (N-methyl/N-ethyl adjacent to an activating group) is 1. The van der Waals surface area contributed by atoms with Crippen LogP contribution in [0, 0.1) is 0 Å². The van der Waals surface area contributed by atoms with Crippen LogP contribution in [0.3, 0.4) is 0 Å². The average molecular weight is 212 g/mol. The number of hydrogen-bond acceptors (Lipinski definition) is 3. The SMILES string of the molecule is CN(C1CCCNCC1)C1CCCOC1. The lowest BCUT2D eigenvalue weighted by atomic mass is 10.0. The Morgan fingerprint density at radius 1 is 1.07 bits per heavy atom. The molecular formula is C12H24N2O. The maximum Gasteiger partial charge on any atom is 0.0621 e.